The number of hydrogen-bond donors (Lipinski definition) is 2. The second kappa shape index (κ2) is 7.26. The Balaban J connectivity index is 2.14. The highest BCUT2D eigenvalue weighted by molar-refractivity contribution is 6.03. The number of nitrogens with one attached hydrogen (secondary N) is 1. The number of benzene rings is 2. The molecule has 114 valence electrons. The maximum atomic E-state index is 12.1. The van der Waals surface area contributed by atoms with Crippen LogP contribution in [-0.4, -0.2) is 23.8 Å². The maximum Gasteiger partial charge on any atom is 0.271 e. The van der Waals surface area contributed by atoms with E-state index in [4.69, 9.17) is 4.74 Å². The van der Waals surface area contributed by atoms with Crippen LogP contribution in [0.4, 0.5) is 0 Å². The average Bonchev–Trinajstić information content (AvgIpc) is 2.56. The van der Waals surface area contributed by atoms with Crippen molar-refractivity contribution in [3.05, 3.63) is 59.7 Å². The zero-order valence-corrected chi connectivity index (χ0v) is 12.5. The zero-order chi connectivity index (χ0) is 15.9. The number of aromatic hydroxyl groups is 1. The van der Waals surface area contributed by atoms with E-state index in [1.165, 1.54) is 0 Å². The molecule has 0 heterocycles. The Bertz CT molecular complexity index is 679. The largest absolute Gasteiger partial charge is 0.507 e. The van der Waals surface area contributed by atoms with Gasteiger partial charge in [0, 0.05) is 11.1 Å². The molecule has 2 aromatic carbocycles. The molecule has 0 bridgehead atoms. The van der Waals surface area contributed by atoms with E-state index < -0.39 is 0 Å². The van der Waals surface area contributed by atoms with Crippen LogP contribution in [0.3, 0.4) is 0 Å². The highest BCUT2D eigenvalue weighted by Crippen LogP contribution is 2.18. The molecule has 2 rings (SSSR count). The summed E-state index contributed by atoms with van der Waals surface area (Å²) in [6.07, 6.45) is 0.584. The molecule has 22 heavy (non-hydrogen) atoms. The number of carbonyl (C=O) groups is 1. The van der Waals surface area contributed by atoms with Gasteiger partial charge in [-0.15, -0.1) is 0 Å². The van der Waals surface area contributed by atoms with Crippen molar-refractivity contribution in [2.75, 3.05) is 7.11 Å². The summed E-state index contributed by atoms with van der Waals surface area (Å²) in [4.78, 5) is 12.1. The number of carbonyl (C=O) groups excluding carboxylic acids is 1. The van der Waals surface area contributed by atoms with E-state index in [1.54, 1.807) is 49.6 Å². The first-order chi connectivity index (χ1) is 10.7. The molecule has 0 saturated carbocycles. The van der Waals surface area contributed by atoms with Crippen molar-refractivity contribution in [1.29, 1.82) is 0 Å². The fraction of sp³-hybridized carbons (Fsp3) is 0.176. The van der Waals surface area contributed by atoms with Crippen molar-refractivity contribution >= 4 is 11.6 Å². The van der Waals surface area contributed by atoms with E-state index in [2.05, 4.69) is 10.5 Å². The minimum Gasteiger partial charge on any atom is -0.507 e. The van der Waals surface area contributed by atoms with Crippen molar-refractivity contribution in [1.82, 2.24) is 5.43 Å². The number of ether oxygens (including phenoxy) is 1. The van der Waals surface area contributed by atoms with Crippen LogP contribution >= 0.6 is 0 Å². The average molecular weight is 298 g/mol. The van der Waals surface area contributed by atoms with Gasteiger partial charge in [-0.1, -0.05) is 19.1 Å². The topological polar surface area (TPSA) is 70.9 Å². The molecule has 0 aliphatic heterocycles. The first-order valence-corrected chi connectivity index (χ1v) is 6.95. The number of methoxy groups -OCH3 is 1. The fourth-order valence-corrected chi connectivity index (χ4v) is 1.97. The Hall–Kier alpha value is -2.82. The highest BCUT2D eigenvalue weighted by atomic mass is 16.5. The van der Waals surface area contributed by atoms with Gasteiger partial charge >= 0.3 is 0 Å². The first-order valence-electron chi connectivity index (χ1n) is 6.95. The lowest BCUT2D eigenvalue weighted by molar-refractivity contribution is 0.0954. The number of hydrazone groups is 1. The van der Waals surface area contributed by atoms with Crippen LogP contribution in [0.25, 0.3) is 0 Å². The number of amides is 1. The van der Waals surface area contributed by atoms with Gasteiger partial charge in [0.15, 0.2) is 0 Å². The van der Waals surface area contributed by atoms with Crippen molar-refractivity contribution in [2.45, 2.75) is 13.3 Å². The van der Waals surface area contributed by atoms with Gasteiger partial charge in [0.1, 0.15) is 11.5 Å². The number of para-hydroxylation sites is 1. The lowest BCUT2D eigenvalue weighted by Gasteiger charge is -2.07. The fourth-order valence-electron chi connectivity index (χ4n) is 1.97. The van der Waals surface area contributed by atoms with E-state index in [0.717, 1.165) is 0 Å². The van der Waals surface area contributed by atoms with E-state index in [0.29, 0.717) is 29.0 Å². The van der Waals surface area contributed by atoms with E-state index in [9.17, 15) is 9.90 Å². The van der Waals surface area contributed by atoms with Gasteiger partial charge in [0.05, 0.1) is 12.8 Å². The van der Waals surface area contributed by atoms with Crippen molar-refractivity contribution in [3.8, 4) is 11.5 Å². The summed E-state index contributed by atoms with van der Waals surface area (Å²) in [5.41, 5.74) is 4.22. The second-order valence-corrected chi connectivity index (χ2v) is 4.60. The van der Waals surface area contributed by atoms with E-state index in [-0.39, 0.29) is 11.7 Å². The molecular weight excluding hydrogens is 280 g/mol. The Kier molecular flexibility index (Phi) is 5.14. The maximum absolute atomic E-state index is 12.1. The lowest BCUT2D eigenvalue weighted by Crippen LogP contribution is -2.20. The van der Waals surface area contributed by atoms with Crippen molar-refractivity contribution in [2.24, 2.45) is 5.10 Å². The number of nitrogens with zero attached hydrogens (tertiary/aromatic N) is 1. The van der Waals surface area contributed by atoms with E-state index in [1.807, 2.05) is 13.0 Å². The molecule has 0 unspecified atom stereocenters. The van der Waals surface area contributed by atoms with Crippen molar-refractivity contribution < 1.29 is 14.6 Å². The zero-order valence-electron chi connectivity index (χ0n) is 12.5. The summed E-state index contributed by atoms with van der Waals surface area (Å²) in [7, 11) is 1.57. The van der Waals surface area contributed by atoms with Crippen LogP contribution in [0.5, 0.6) is 11.5 Å². The quantitative estimate of drug-likeness (QED) is 0.658. The minimum atomic E-state index is -0.316. The van der Waals surface area contributed by atoms with Gasteiger partial charge in [0.25, 0.3) is 5.91 Å². The first kappa shape index (κ1) is 15.6. The number of rotatable bonds is 5. The lowest BCUT2D eigenvalue weighted by atomic mass is 10.1. The molecule has 0 radical (unpaired) electrons. The third kappa shape index (κ3) is 3.63. The van der Waals surface area contributed by atoms with Gasteiger partial charge in [-0.3, -0.25) is 4.79 Å². The van der Waals surface area contributed by atoms with Gasteiger partial charge in [-0.25, -0.2) is 5.43 Å². The Morgan fingerprint density at radius 2 is 1.86 bits per heavy atom. The summed E-state index contributed by atoms with van der Waals surface area (Å²) in [5.74, 6) is 0.509. The summed E-state index contributed by atoms with van der Waals surface area (Å²) in [6.45, 7) is 1.91. The molecule has 0 atom stereocenters. The third-order valence-electron chi connectivity index (χ3n) is 3.19. The number of phenolic OH excluding ortho intramolecular Hbond substituents is 1. The number of phenols is 1. The molecule has 0 aliphatic rings. The molecule has 0 saturated heterocycles. The van der Waals surface area contributed by atoms with Crippen LogP contribution in [0.15, 0.2) is 53.6 Å². The molecule has 2 aromatic rings. The minimum absolute atomic E-state index is 0.141. The van der Waals surface area contributed by atoms with Gasteiger partial charge in [-0.2, -0.15) is 5.10 Å². The van der Waals surface area contributed by atoms with Crippen LogP contribution in [-0.2, 0) is 0 Å². The molecule has 0 spiro atoms. The smallest absolute Gasteiger partial charge is 0.271 e. The summed E-state index contributed by atoms with van der Waals surface area (Å²) >= 11 is 0. The summed E-state index contributed by atoms with van der Waals surface area (Å²) in [5, 5.41) is 14.0. The second-order valence-electron chi connectivity index (χ2n) is 4.60. The molecular formula is C17H18N2O3. The van der Waals surface area contributed by atoms with Crippen LogP contribution < -0.4 is 10.2 Å². The highest BCUT2D eigenvalue weighted by Gasteiger charge is 2.09. The van der Waals surface area contributed by atoms with Gasteiger partial charge < -0.3 is 9.84 Å². The predicted molar refractivity (Wildman–Crippen MR) is 85.4 cm³/mol. The van der Waals surface area contributed by atoms with Crippen LogP contribution in [0.1, 0.15) is 29.3 Å². The molecule has 2 N–H and O–H groups in total. The Labute approximate surface area is 129 Å². The molecule has 0 aliphatic carbocycles. The number of hydrogen-bond acceptors (Lipinski definition) is 4. The third-order valence-corrected chi connectivity index (χ3v) is 3.19. The van der Waals surface area contributed by atoms with E-state index >= 15 is 0 Å². The molecule has 0 fully saturated rings. The Morgan fingerprint density at radius 1 is 1.18 bits per heavy atom. The molecule has 0 aromatic heterocycles. The monoisotopic (exact) mass is 298 g/mol. The Morgan fingerprint density at radius 3 is 2.45 bits per heavy atom. The molecule has 5 nitrogen and oxygen atoms in total. The summed E-state index contributed by atoms with van der Waals surface area (Å²) < 4.78 is 5.05. The van der Waals surface area contributed by atoms with Crippen molar-refractivity contribution in [3.63, 3.8) is 0 Å². The van der Waals surface area contributed by atoms with Gasteiger partial charge in [-0.05, 0) is 42.8 Å². The predicted octanol–water partition coefficient (Wildman–Crippen LogP) is 2.94. The molecule has 1 amide bonds. The van der Waals surface area contributed by atoms with Crippen LogP contribution in [0, 0.1) is 0 Å². The summed E-state index contributed by atoms with van der Waals surface area (Å²) in [6, 6.07) is 13.6. The normalized spacial score (nSPS) is 11.1. The van der Waals surface area contributed by atoms with Crippen LogP contribution in [0.2, 0.25) is 0 Å². The standard InChI is InChI=1S/C17H18N2O3/c1-3-15(14-6-4-5-7-16(14)20)18-19-17(21)12-8-10-13(22-2)11-9-12/h4-11,20H,3H2,1-2H3,(H,19,21)/b18-15+. The van der Waals surface area contributed by atoms with Gasteiger partial charge in [0.2, 0.25) is 0 Å². The molecule has 5 heteroatoms. The SMILES string of the molecule is CC/C(=N\NC(=O)c1ccc(OC)cc1)c1ccccc1O.